The van der Waals surface area contributed by atoms with Crippen molar-refractivity contribution in [1.82, 2.24) is 4.90 Å². The maximum atomic E-state index is 2.57. The fourth-order valence-electron chi connectivity index (χ4n) is 2.70. The van der Waals surface area contributed by atoms with Crippen molar-refractivity contribution >= 4 is 17.5 Å². The summed E-state index contributed by atoms with van der Waals surface area (Å²) in [6.45, 7) is 4.67. The van der Waals surface area contributed by atoms with Crippen LogP contribution in [0.1, 0.15) is 30.4 Å². The summed E-state index contributed by atoms with van der Waals surface area (Å²) in [6, 6.07) is 6.89. The summed E-state index contributed by atoms with van der Waals surface area (Å²) in [5.74, 6) is 1.22. The van der Waals surface area contributed by atoms with Crippen molar-refractivity contribution in [2.75, 3.05) is 18.8 Å². The molecule has 0 N–H and O–H groups in total. The van der Waals surface area contributed by atoms with Crippen LogP contribution in [0.4, 0.5) is 0 Å². The molecule has 90 valence electrons. The smallest absolute Gasteiger partial charge is 0.0411 e. The molecule has 0 spiro atoms. The summed E-state index contributed by atoms with van der Waals surface area (Å²) in [6.07, 6.45) is 6.35. The van der Waals surface area contributed by atoms with Crippen LogP contribution in [0.3, 0.4) is 0 Å². The van der Waals surface area contributed by atoms with Crippen LogP contribution in [0.15, 0.2) is 29.2 Å². The van der Waals surface area contributed by atoms with Crippen LogP contribution >= 0.6 is 11.8 Å². The maximum Gasteiger partial charge on any atom is 0.0411 e. The Morgan fingerprint density at radius 1 is 1.18 bits per heavy atom. The fourth-order valence-corrected chi connectivity index (χ4v) is 3.64. The number of thioether (sulfide) groups is 1. The number of likely N-dealkylation sites (tertiary alicyclic amines) is 1. The van der Waals surface area contributed by atoms with E-state index in [0.717, 1.165) is 0 Å². The first-order valence-corrected chi connectivity index (χ1v) is 7.52. The monoisotopic (exact) mass is 245 g/mol. The molecule has 1 nitrogen and oxygen atoms in total. The van der Waals surface area contributed by atoms with Crippen molar-refractivity contribution in [2.24, 2.45) is 0 Å². The molecule has 0 aromatic heterocycles. The number of hydrogen-bond donors (Lipinski definition) is 0. The van der Waals surface area contributed by atoms with E-state index in [2.05, 4.69) is 36.1 Å². The number of hydrogen-bond acceptors (Lipinski definition) is 2. The van der Waals surface area contributed by atoms with Gasteiger partial charge < -0.3 is 4.90 Å². The van der Waals surface area contributed by atoms with Crippen LogP contribution in [0.25, 0.3) is 5.70 Å². The summed E-state index contributed by atoms with van der Waals surface area (Å²) < 4.78 is 0. The lowest BCUT2D eigenvalue weighted by Crippen LogP contribution is -2.17. The first kappa shape index (κ1) is 11.2. The van der Waals surface area contributed by atoms with Crippen LogP contribution in [0.5, 0.6) is 0 Å². The minimum Gasteiger partial charge on any atom is -0.371 e. The average Bonchev–Trinajstić information content (AvgIpc) is 2.77. The van der Waals surface area contributed by atoms with Crippen molar-refractivity contribution < 1.29 is 0 Å². The first-order valence-electron chi connectivity index (χ1n) is 6.53. The standard InChI is InChI=1S/C15H19NS/c1-12-6-7-15-13(11-12)14(5-4-10-17-15)16-8-2-3-9-16/h5-7,11H,2-4,8-10H2,1H3. The Morgan fingerprint density at radius 2 is 2.00 bits per heavy atom. The third kappa shape index (κ3) is 2.23. The Bertz CT molecular complexity index is 444. The summed E-state index contributed by atoms with van der Waals surface area (Å²) in [5.41, 5.74) is 4.33. The molecule has 2 aliphatic heterocycles. The van der Waals surface area contributed by atoms with E-state index in [1.165, 1.54) is 59.8 Å². The van der Waals surface area contributed by atoms with Crippen molar-refractivity contribution in [1.29, 1.82) is 0 Å². The van der Waals surface area contributed by atoms with Crippen molar-refractivity contribution in [3.8, 4) is 0 Å². The van der Waals surface area contributed by atoms with Gasteiger partial charge in [0.25, 0.3) is 0 Å². The molecule has 0 bridgehead atoms. The third-order valence-electron chi connectivity index (χ3n) is 3.57. The molecular weight excluding hydrogens is 226 g/mol. The Kier molecular flexibility index (Phi) is 3.15. The molecule has 0 saturated carbocycles. The van der Waals surface area contributed by atoms with Crippen LogP contribution < -0.4 is 0 Å². The topological polar surface area (TPSA) is 3.24 Å². The van der Waals surface area contributed by atoms with Gasteiger partial charge in [0, 0.05) is 35.0 Å². The van der Waals surface area contributed by atoms with Crippen LogP contribution in [0, 0.1) is 6.92 Å². The number of aryl methyl sites for hydroxylation is 1. The fraction of sp³-hybridized carbons (Fsp3) is 0.467. The number of rotatable bonds is 1. The van der Waals surface area contributed by atoms with E-state index >= 15 is 0 Å². The molecule has 1 aromatic carbocycles. The second-order valence-electron chi connectivity index (χ2n) is 4.92. The molecule has 0 amide bonds. The molecule has 0 atom stereocenters. The minimum atomic E-state index is 1.20. The summed E-state index contributed by atoms with van der Waals surface area (Å²) in [7, 11) is 0. The molecule has 0 aliphatic carbocycles. The summed E-state index contributed by atoms with van der Waals surface area (Å²) >= 11 is 2.00. The largest absolute Gasteiger partial charge is 0.371 e. The number of nitrogens with zero attached hydrogens (tertiary/aromatic N) is 1. The van der Waals surface area contributed by atoms with Crippen LogP contribution in [-0.4, -0.2) is 23.7 Å². The maximum absolute atomic E-state index is 2.57. The zero-order valence-electron chi connectivity index (χ0n) is 10.4. The Balaban J connectivity index is 2.03. The zero-order chi connectivity index (χ0) is 11.7. The molecule has 3 rings (SSSR count). The van der Waals surface area contributed by atoms with E-state index < -0.39 is 0 Å². The molecule has 1 fully saturated rings. The summed E-state index contributed by atoms with van der Waals surface area (Å²) in [5, 5.41) is 0. The van der Waals surface area contributed by atoms with Crippen molar-refractivity contribution in [3.63, 3.8) is 0 Å². The van der Waals surface area contributed by atoms with E-state index in [4.69, 9.17) is 0 Å². The van der Waals surface area contributed by atoms with Gasteiger partial charge in [-0.2, -0.15) is 0 Å². The van der Waals surface area contributed by atoms with Gasteiger partial charge in [-0.05, 0) is 38.3 Å². The second kappa shape index (κ2) is 4.77. The van der Waals surface area contributed by atoms with Gasteiger partial charge in [-0.25, -0.2) is 0 Å². The SMILES string of the molecule is Cc1ccc2c(c1)C(N1CCCC1)=CCCS2. The number of benzene rings is 1. The minimum absolute atomic E-state index is 1.20. The number of allylic oxidation sites excluding steroid dienone is 1. The molecule has 2 heterocycles. The quantitative estimate of drug-likeness (QED) is 0.737. The van der Waals surface area contributed by atoms with E-state index in [9.17, 15) is 0 Å². The molecule has 2 aliphatic rings. The lowest BCUT2D eigenvalue weighted by atomic mass is 10.1. The highest BCUT2D eigenvalue weighted by atomic mass is 32.2. The highest BCUT2D eigenvalue weighted by Gasteiger charge is 2.20. The van der Waals surface area contributed by atoms with Crippen LogP contribution in [0.2, 0.25) is 0 Å². The predicted octanol–water partition coefficient (Wildman–Crippen LogP) is 3.93. The van der Waals surface area contributed by atoms with Gasteiger partial charge in [0.1, 0.15) is 0 Å². The Hall–Kier alpha value is -0.890. The summed E-state index contributed by atoms with van der Waals surface area (Å²) in [4.78, 5) is 4.04. The van der Waals surface area contributed by atoms with Gasteiger partial charge in [0.05, 0.1) is 0 Å². The molecule has 0 unspecified atom stereocenters. The molecule has 0 radical (unpaired) electrons. The zero-order valence-corrected chi connectivity index (χ0v) is 11.2. The van der Waals surface area contributed by atoms with Crippen LogP contribution in [-0.2, 0) is 0 Å². The lowest BCUT2D eigenvalue weighted by molar-refractivity contribution is 0.491. The van der Waals surface area contributed by atoms with Crippen molar-refractivity contribution in [2.45, 2.75) is 31.1 Å². The van der Waals surface area contributed by atoms with Gasteiger partial charge in [0.15, 0.2) is 0 Å². The molecule has 1 saturated heterocycles. The van der Waals surface area contributed by atoms with Gasteiger partial charge in [-0.15, -0.1) is 11.8 Å². The molecule has 2 heteroatoms. The number of fused-ring (bicyclic) bond motifs is 1. The van der Waals surface area contributed by atoms with Gasteiger partial charge >= 0.3 is 0 Å². The van der Waals surface area contributed by atoms with Gasteiger partial charge in [-0.3, -0.25) is 0 Å². The van der Waals surface area contributed by atoms with Gasteiger partial charge in [-0.1, -0.05) is 17.7 Å². The third-order valence-corrected chi connectivity index (χ3v) is 4.68. The lowest BCUT2D eigenvalue weighted by Gasteiger charge is -2.23. The first-order chi connectivity index (χ1) is 8.34. The predicted molar refractivity (Wildman–Crippen MR) is 75.3 cm³/mol. The molecular formula is C15H19NS. The highest BCUT2D eigenvalue weighted by molar-refractivity contribution is 7.99. The van der Waals surface area contributed by atoms with E-state index in [1.807, 2.05) is 11.8 Å². The normalized spacial score (nSPS) is 19.8. The molecule has 1 aromatic rings. The van der Waals surface area contributed by atoms with E-state index in [1.54, 1.807) is 0 Å². The van der Waals surface area contributed by atoms with Gasteiger partial charge in [0.2, 0.25) is 0 Å². The average molecular weight is 245 g/mol. The Morgan fingerprint density at radius 3 is 2.82 bits per heavy atom. The van der Waals surface area contributed by atoms with E-state index in [-0.39, 0.29) is 0 Å². The van der Waals surface area contributed by atoms with Crippen molar-refractivity contribution in [3.05, 3.63) is 35.4 Å². The second-order valence-corrected chi connectivity index (χ2v) is 6.06. The highest BCUT2D eigenvalue weighted by Crippen LogP contribution is 2.36. The molecule has 17 heavy (non-hydrogen) atoms. The van der Waals surface area contributed by atoms with E-state index in [0.29, 0.717) is 0 Å². The Labute approximate surface area is 108 Å².